The van der Waals surface area contributed by atoms with Gasteiger partial charge in [0.05, 0.1) is 11.2 Å². The van der Waals surface area contributed by atoms with Crippen molar-refractivity contribution < 1.29 is 9.31 Å². The number of hydrogen-bond donors (Lipinski definition) is 1. The minimum atomic E-state index is -0.374. The molecule has 2 N–H and O–H groups in total. The highest BCUT2D eigenvalue weighted by molar-refractivity contribution is 6.55. The van der Waals surface area contributed by atoms with E-state index in [1.54, 1.807) is 0 Å². The standard InChI is InChI=1S/C17H26BNO2/c1-12-7-8-14(9-13(12)2)10-15(11-19)18-20-16(3,4)17(5,6)21-18/h7-10H,11,19H2,1-6H3. The first-order chi connectivity index (χ1) is 9.66. The monoisotopic (exact) mass is 287 g/mol. The Balaban J connectivity index is 2.28. The second-order valence-electron chi connectivity index (χ2n) is 6.86. The van der Waals surface area contributed by atoms with Crippen molar-refractivity contribution in [1.82, 2.24) is 0 Å². The van der Waals surface area contributed by atoms with Crippen LogP contribution in [0.5, 0.6) is 0 Å². The molecule has 0 amide bonds. The summed E-state index contributed by atoms with van der Waals surface area (Å²) in [6.07, 6.45) is 2.08. The summed E-state index contributed by atoms with van der Waals surface area (Å²) in [5.74, 6) is 0. The molecule has 1 aromatic rings. The highest BCUT2D eigenvalue weighted by Crippen LogP contribution is 2.38. The van der Waals surface area contributed by atoms with Gasteiger partial charge >= 0.3 is 7.12 Å². The quantitative estimate of drug-likeness (QED) is 0.868. The average Bonchev–Trinajstić information content (AvgIpc) is 2.59. The molecule has 0 atom stereocenters. The van der Waals surface area contributed by atoms with Gasteiger partial charge in [-0.15, -0.1) is 0 Å². The zero-order valence-electron chi connectivity index (χ0n) is 14.0. The van der Waals surface area contributed by atoms with Gasteiger partial charge in [-0.3, -0.25) is 0 Å². The van der Waals surface area contributed by atoms with Crippen molar-refractivity contribution in [2.24, 2.45) is 5.73 Å². The van der Waals surface area contributed by atoms with E-state index < -0.39 is 0 Å². The zero-order chi connectivity index (χ0) is 15.8. The fourth-order valence-corrected chi connectivity index (χ4v) is 2.29. The van der Waals surface area contributed by atoms with Crippen LogP contribution in [0.3, 0.4) is 0 Å². The van der Waals surface area contributed by atoms with Crippen LogP contribution in [-0.4, -0.2) is 24.9 Å². The van der Waals surface area contributed by atoms with E-state index in [1.807, 2.05) is 0 Å². The first-order valence-corrected chi connectivity index (χ1v) is 7.50. The Bertz CT molecular complexity index is 548. The van der Waals surface area contributed by atoms with Gasteiger partial charge in [-0.1, -0.05) is 24.3 Å². The Morgan fingerprint density at radius 2 is 1.67 bits per heavy atom. The average molecular weight is 287 g/mol. The van der Waals surface area contributed by atoms with Gasteiger partial charge < -0.3 is 15.0 Å². The molecule has 1 aliphatic heterocycles. The minimum Gasteiger partial charge on any atom is -0.400 e. The molecule has 1 fully saturated rings. The lowest BCUT2D eigenvalue weighted by Crippen LogP contribution is -2.41. The molecule has 0 aliphatic carbocycles. The summed E-state index contributed by atoms with van der Waals surface area (Å²) >= 11 is 0. The molecule has 2 rings (SSSR count). The summed E-state index contributed by atoms with van der Waals surface area (Å²) in [5, 5.41) is 0. The predicted molar refractivity (Wildman–Crippen MR) is 89.0 cm³/mol. The molecule has 1 heterocycles. The van der Waals surface area contributed by atoms with Crippen LogP contribution in [0.15, 0.2) is 23.7 Å². The lowest BCUT2D eigenvalue weighted by Gasteiger charge is -2.32. The molecule has 21 heavy (non-hydrogen) atoms. The van der Waals surface area contributed by atoms with Crippen molar-refractivity contribution in [2.75, 3.05) is 6.54 Å². The van der Waals surface area contributed by atoms with Crippen LogP contribution in [0, 0.1) is 13.8 Å². The van der Waals surface area contributed by atoms with Gasteiger partial charge in [-0.2, -0.15) is 0 Å². The van der Waals surface area contributed by atoms with Gasteiger partial charge in [0, 0.05) is 6.54 Å². The van der Waals surface area contributed by atoms with E-state index in [0.29, 0.717) is 6.54 Å². The largest absolute Gasteiger partial charge is 0.491 e. The second-order valence-corrected chi connectivity index (χ2v) is 6.86. The molecule has 1 saturated heterocycles. The van der Waals surface area contributed by atoms with Crippen molar-refractivity contribution in [3.63, 3.8) is 0 Å². The fraction of sp³-hybridized carbons (Fsp3) is 0.529. The molecule has 3 nitrogen and oxygen atoms in total. The van der Waals surface area contributed by atoms with E-state index in [1.165, 1.54) is 11.1 Å². The highest BCUT2D eigenvalue weighted by Gasteiger charge is 2.52. The van der Waals surface area contributed by atoms with Crippen molar-refractivity contribution in [3.05, 3.63) is 40.4 Å². The van der Waals surface area contributed by atoms with Crippen LogP contribution in [-0.2, 0) is 9.31 Å². The lowest BCUT2D eigenvalue weighted by atomic mass is 9.77. The molecular formula is C17H26BNO2. The zero-order valence-corrected chi connectivity index (χ0v) is 14.0. The first-order valence-electron chi connectivity index (χ1n) is 7.50. The van der Waals surface area contributed by atoms with Crippen LogP contribution < -0.4 is 5.73 Å². The van der Waals surface area contributed by atoms with Gasteiger partial charge in [0.1, 0.15) is 0 Å². The second kappa shape index (κ2) is 5.60. The van der Waals surface area contributed by atoms with Crippen LogP contribution in [0.25, 0.3) is 6.08 Å². The minimum absolute atomic E-state index is 0.338. The smallest absolute Gasteiger partial charge is 0.400 e. The van der Waals surface area contributed by atoms with E-state index in [0.717, 1.165) is 11.0 Å². The molecule has 1 aromatic carbocycles. The molecular weight excluding hydrogens is 261 g/mol. The molecule has 114 valence electrons. The fourth-order valence-electron chi connectivity index (χ4n) is 2.29. The van der Waals surface area contributed by atoms with Crippen LogP contribution >= 0.6 is 0 Å². The molecule has 0 radical (unpaired) electrons. The van der Waals surface area contributed by atoms with Crippen LogP contribution in [0.1, 0.15) is 44.4 Å². The topological polar surface area (TPSA) is 44.5 Å². The summed E-state index contributed by atoms with van der Waals surface area (Å²) < 4.78 is 12.1. The Morgan fingerprint density at radius 1 is 1.10 bits per heavy atom. The summed E-state index contributed by atoms with van der Waals surface area (Å²) in [6, 6.07) is 6.39. The molecule has 0 aromatic heterocycles. The first kappa shape index (κ1) is 16.3. The molecule has 0 bridgehead atoms. The van der Waals surface area contributed by atoms with Crippen molar-refractivity contribution in [1.29, 1.82) is 0 Å². The number of rotatable bonds is 3. The summed E-state index contributed by atoms with van der Waals surface area (Å²) in [4.78, 5) is 0. The molecule has 0 unspecified atom stereocenters. The van der Waals surface area contributed by atoms with Crippen molar-refractivity contribution >= 4 is 13.2 Å². The number of nitrogens with two attached hydrogens (primary N) is 1. The maximum Gasteiger partial charge on any atom is 0.491 e. The van der Waals surface area contributed by atoms with Gasteiger partial charge in [-0.05, 0) is 63.7 Å². The van der Waals surface area contributed by atoms with Crippen LogP contribution in [0.2, 0.25) is 0 Å². The Morgan fingerprint density at radius 3 is 2.14 bits per heavy atom. The van der Waals surface area contributed by atoms with Crippen molar-refractivity contribution in [3.8, 4) is 0 Å². The summed E-state index contributed by atoms with van der Waals surface area (Å²) in [7, 11) is -0.374. The maximum absolute atomic E-state index is 6.07. The molecule has 0 saturated carbocycles. The van der Waals surface area contributed by atoms with Gasteiger partial charge in [0.2, 0.25) is 0 Å². The third-order valence-electron chi connectivity index (χ3n) is 4.67. The SMILES string of the molecule is Cc1ccc(C=C(CN)B2OC(C)(C)C(C)(C)O2)cc1C. The van der Waals surface area contributed by atoms with Crippen molar-refractivity contribution in [2.45, 2.75) is 52.7 Å². The van der Waals surface area contributed by atoms with E-state index in [2.05, 4.69) is 65.8 Å². The maximum atomic E-state index is 6.07. The third kappa shape index (κ3) is 3.23. The Labute approximate surface area is 128 Å². The molecule has 4 heteroatoms. The summed E-state index contributed by atoms with van der Waals surface area (Å²) in [6.45, 7) is 12.9. The molecule has 0 spiro atoms. The number of benzene rings is 1. The normalized spacial score (nSPS) is 20.9. The summed E-state index contributed by atoms with van der Waals surface area (Å²) in [5.41, 5.74) is 9.90. The van der Waals surface area contributed by atoms with Crippen LogP contribution in [0.4, 0.5) is 0 Å². The third-order valence-corrected chi connectivity index (χ3v) is 4.67. The number of aryl methyl sites for hydroxylation is 2. The van der Waals surface area contributed by atoms with Gasteiger partial charge in [-0.25, -0.2) is 0 Å². The van der Waals surface area contributed by atoms with E-state index in [-0.39, 0.29) is 18.3 Å². The van der Waals surface area contributed by atoms with E-state index in [4.69, 9.17) is 15.0 Å². The predicted octanol–water partition coefficient (Wildman–Crippen LogP) is 3.28. The number of hydrogen-bond acceptors (Lipinski definition) is 3. The Hall–Kier alpha value is -1.10. The van der Waals surface area contributed by atoms with Gasteiger partial charge in [0.25, 0.3) is 0 Å². The van der Waals surface area contributed by atoms with Gasteiger partial charge in [0.15, 0.2) is 0 Å². The highest BCUT2D eigenvalue weighted by atomic mass is 16.7. The lowest BCUT2D eigenvalue weighted by molar-refractivity contribution is 0.00578. The Kier molecular flexibility index (Phi) is 4.34. The molecule has 1 aliphatic rings. The van der Waals surface area contributed by atoms with E-state index in [9.17, 15) is 0 Å². The van der Waals surface area contributed by atoms with E-state index >= 15 is 0 Å².